The van der Waals surface area contributed by atoms with Gasteiger partial charge in [0.1, 0.15) is 6.29 Å². The lowest BCUT2D eigenvalue weighted by Gasteiger charge is -2.30. The van der Waals surface area contributed by atoms with E-state index in [4.69, 9.17) is 5.73 Å². The number of imide groups is 1. The topological polar surface area (TPSA) is 113 Å². The van der Waals surface area contributed by atoms with Crippen LogP contribution in [0.15, 0.2) is 18.2 Å². The molecule has 32 heavy (non-hydrogen) atoms. The number of benzene rings is 1. The molecule has 3 N–H and O–H groups in total. The van der Waals surface area contributed by atoms with E-state index in [1.807, 2.05) is 15.9 Å². The molecule has 1 unspecified atom stereocenters. The second kappa shape index (κ2) is 11.0. The number of carbonyl (C=O) groups is 4. The molecule has 0 bridgehead atoms. The first-order chi connectivity index (χ1) is 15.4. The van der Waals surface area contributed by atoms with Crippen molar-refractivity contribution in [1.82, 2.24) is 15.1 Å². The molecule has 8 heteroatoms. The maximum absolute atomic E-state index is 12.4. The van der Waals surface area contributed by atoms with Crippen molar-refractivity contribution in [1.29, 1.82) is 0 Å². The van der Waals surface area contributed by atoms with Crippen LogP contribution in [0.4, 0.5) is 0 Å². The lowest BCUT2D eigenvalue weighted by Crippen LogP contribution is -2.51. The van der Waals surface area contributed by atoms with Gasteiger partial charge < -0.3 is 10.6 Å². The van der Waals surface area contributed by atoms with E-state index in [-0.39, 0.29) is 23.8 Å². The second-order valence-electron chi connectivity index (χ2n) is 8.39. The van der Waals surface area contributed by atoms with Gasteiger partial charge >= 0.3 is 0 Å². The van der Waals surface area contributed by atoms with Crippen molar-refractivity contribution in [3.05, 3.63) is 34.9 Å². The molecule has 2 heterocycles. The normalized spacial score (nSPS) is 19.3. The third kappa shape index (κ3) is 6.02. The number of aldehydes is 1. The number of carbonyl (C=O) groups excluding carboxylic acids is 4. The Morgan fingerprint density at radius 1 is 1.28 bits per heavy atom. The summed E-state index contributed by atoms with van der Waals surface area (Å²) in [6.45, 7) is 1.75. The number of piperidine rings is 2. The number of nitrogens with zero attached hydrogens (tertiary/aromatic N) is 2. The van der Waals surface area contributed by atoms with Crippen molar-refractivity contribution < 1.29 is 19.2 Å². The SMILES string of the molecule is CN(Cc1c(C#CCCC(=O)N2CCC(N)CC2)cccc1C=O)C1CCC(=O)NC1=O. The van der Waals surface area contributed by atoms with Crippen LogP contribution in [-0.2, 0) is 20.9 Å². The van der Waals surface area contributed by atoms with E-state index < -0.39 is 6.04 Å². The van der Waals surface area contributed by atoms with Crippen molar-refractivity contribution in [3.63, 3.8) is 0 Å². The van der Waals surface area contributed by atoms with Gasteiger partial charge in [-0.25, -0.2) is 0 Å². The maximum atomic E-state index is 12.4. The van der Waals surface area contributed by atoms with Crippen LogP contribution in [0.2, 0.25) is 0 Å². The molecule has 3 amide bonds. The number of hydrogen-bond donors (Lipinski definition) is 2. The molecule has 3 rings (SSSR count). The van der Waals surface area contributed by atoms with Crippen LogP contribution in [0.5, 0.6) is 0 Å². The van der Waals surface area contributed by atoms with Crippen molar-refractivity contribution in [2.45, 2.75) is 57.2 Å². The molecule has 2 aliphatic heterocycles. The summed E-state index contributed by atoms with van der Waals surface area (Å²) in [5.41, 5.74) is 7.84. The van der Waals surface area contributed by atoms with Gasteiger partial charge in [0.25, 0.3) is 0 Å². The van der Waals surface area contributed by atoms with E-state index >= 15 is 0 Å². The summed E-state index contributed by atoms with van der Waals surface area (Å²) >= 11 is 0. The number of nitrogens with one attached hydrogen (secondary N) is 1. The van der Waals surface area contributed by atoms with Gasteiger partial charge in [-0.3, -0.25) is 29.4 Å². The van der Waals surface area contributed by atoms with Crippen LogP contribution in [0, 0.1) is 11.8 Å². The van der Waals surface area contributed by atoms with Crippen molar-refractivity contribution in [2.24, 2.45) is 5.73 Å². The van der Waals surface area contributed by atoms with Gasteiger partial charge in [0.2, 0.25) is 17.7 Å². The fraction of sp³-hybridized carbons (Fsp3) is 0.500. The Bertz CT molecular complexity index is 941. The highest BCUT2D eigenvalue weighted by Crippen LogP contribution is 2.19. The highest BCUT2D eigenvalue weighted by atomic mass is 16.2. The van der Waals surface area contributed by atoms with Gasteiger partial charge in [-0.1, -0.05) is 24.0 Å². The molecule has 170 valence electrons. The Labute approximate surface area is 188 Å². The summed E-state index contributed by atoms with van der Waals surface area (Å²) < 4.78 is 0. The minimum atomic E-state index is -0.441. The van der Waals surface area contributed by atoms with E-state index in [0.717, 1.165) is 24.7 Å². The molecule has 2 fully saturated rings. The Hall–Kier alpha value is -3.02. The van der Waals surface area contributed by atoms with Gasteiger partial charge in [-0.05, 0) is 37.9 Å². The van der Waals surface area contributed by atoms with E-state index in [1.54, 1.807) is 19.2 Å². The van der Waals surface area contributed by atoms with Gasteiger partial charge in [-0.2, -0.15) is 0 Å². The first-order valence-corrected chi connectivity index (χ1v) is 11.0. The molecule has 1 aromatic rings. The van der Waals surface area contributed by atoms with Crippen molar-refractivity contribution in [3.8, 4) is 11.8 Å². The molecule has 1 atom stereocenters. The Balaban J connectivity index is 1.65. The summed E-state index contributed by atoms with van der Waals surface area (Å²) in [5.74, 6) is 5.66. The number of amides is 3. The summed E-state index contributed by atoms with van der Waals surface area (Å²) in [6.07, 6.45) is 3.95. The first-order valence-electron chi connectivity index (χ1n) is 11.0. The number of hydrogen-bond acceptors (Lipinski definition) is 6. The zero-order chi connectivity index (χ0) is 23.1. The molecule has 2 saturated heterocycles. The number of rotatable bonds is 6. The summed E-state index contributed by atoms with van der Waals surface area (Å²) in [6, 6.07) is 5.06. The molecule has 2 aliphatic rings. The summed E-state index contributed by atoms with van der Waals surface area (Å²) in [4.78, 5) is 51.3. The Morgan fingerprint density at radius 3 is 2.72 bits per heavy atom. The highest BCUT2D eigenvalue weighted by molar-refractivity contribution is 6.00. The minimum Gasteiger partial charge on any atom is -0.343 e. The van der Waals surface area contributed by atoms with Crippen LogP contribution in [0.25, 0.3) is 0 Å². The Morgan fingerprint density at radius 2 is 2.03 bits per heavy atom. The molecule has 0 radical (unpaired) electrons. The molecular formula is C24H30N4O4. The van der Waals surface area contributed by atoms with Crippen molar-refractivity contribution in [2.75, 3.05) is 20.1 Å². The molecule has 0 aliphatic carbocycles. The summed E-state index contributed by atoms with van der Waals surface area (Å²) in [5, 5.41) is 2.36. The fourth-order valence-electron chi connectivity index (χ4n) is 4.11. The number of likely N-dealkylation sites (N-methyl/N-ethyl adjacent to an activating group) is 1. The van der Waals surface area contributed by atoms with Gasteiger partial charge in [-0.15, -0.1) is 0 Å². The predicted octanol–water partition coefficient (Wildman–Crippen LogP) is 0.818. The van der Waals surface area contributed by atoms with Crippen LogP contribution in [-0.4, -0.2) is 66.0 Å². The van der Waals surface area contributed by atoms with E-state index in [2.05, 4.69) is 17.2 Å². The Kier molecular flexibility index (Phi) is 8.14. The lowest BCUT2D eigenvalue weighted by atomic mass is 9.99. The number of nitrogens with two attached hydrogens (primary N) is 1. The average molecular weight is 439 g/mol. The molecule has 1 aromatic carbocycles. The third-order valence-corrected chi connectivity index (χ3v) is 6.07. The molecular weight excluding hydrogens is 408 g/mol. The van der Waals surface area contributed by atoms with E-state index in [0.29, 0.717) is 56.4 Å². The van der Waals surface area contributed by atoms with Gasteiger partial charge in [0, 0.05) is 56.1 Å². The maximum Gasteiger partial charge on any atom is 0.243 e. The third-order valence-electron chi connectivity index (χ3n) is 6.07. The molecule has 8 nitrogen and oxygen atoms in total. The van der Waals surface area contributed by atoms with Crippen LogP contribution in [0.1, 0.15) is 60.0 Å². The van der Waals surface area contributed by atoms with E-state index in [9.17, 15) is 19.2 Å². The largest absolute Gasteiger partial charge is 0.343 e. The highest BCUT2D eigenvalue weighted by Gasteiger charge is 2.30. The molecule has 0 aromatic heterocycles. The van der Waals surface area contributed by atoms with Crippen LogP contribution < -0.4 is 11.1 Å². The van der Waals surface area contributed by atoms with Gasteiger partial charge in [0.15, 0.2) is 0 Å². The quantitative estimate of drug-likeness (QED) is 0.386. The minimum absolute atomic E-state index is 0.0886. The standard InChI is InChI=1S/C24H30N4O4/c1-27(21-9-10-22(30)26-24(21)32)15-20-17(6-4-7-18(20)16-29)5-2-3-8-23(31)28-13-11-19(25)12-14-28/h4,6-7,16,19,21H,3,8-15,25H2,1H3,(H,26,30,32). The van der Waals surface area contributed by atoms with E-state index in [1.165, 1.54) is 0 Å². The zero-order valence-electron chi connectivity index (χ0n) is 18.4. The first kappa shape index (κ1) is 23.6. The molecule has 0 spiro atoms. The predicted molar refractivity (Wildman–Crippen MR) is 119 cm³/mol. The van der Waals surface area contributed by atoms with Crippen LogP contribution in [0.3, 0.4) is 0 Å². The smallest absolute Gasteiger partial charge is 0.243 e. The lowest BCUT2D eigenvalue weighted by molar-refractivity contribution is -0.137. The number of likely N-dealkylation sites (tertiary alicyclic amines) is 1. The monoisotopic (exact) mass is 438 g/mol. The summed E-state index contributed by atoms with van der Waals surface area (Å²) in [7, 11) is 1.79. The van der Waals surface area contributed by atoms with Crippen LogP contribution >= 0.6 is 0 Å². The van der Waals surface area contributed by atoms with Gasteiger partial charge in [0.05, 0.1) is 6.04 Å². The van der Waals surface area contributed by atoms with Crippen molar-refractivity contribution >= 4 is 24.0 Å². The zero-order valence-corrected chi connectivity index (χ0v) is 18.4. The average Bonchev–Trinajstić information content (AvgIpc) is 2.77. The molecule has 0 saturated carbocycles. The second-order valence-corrected chi connectivity index (χ2v) is 8.39. The fourth-order valence-corrected chi connectivity index (χ4v) is 4.11.